The van der Waals surface area contributed by atoms with Crippen molar-refractivity contribution in [2.24, 2.45) is 0 Å². The van der Waals surface area contributed by atoms with Crippen molar-refractivity contribution in [1.29, 1.82) is 0 Å². The third-order valence-electron chi connectivity index (χ3n) is 5.12. The lowest BCUT2D eigenvalue weighted by Gasteiger charge is -2.34. The molecular formula is C18H19N5OS2. The van der Waals surface area contributed by atoms with Crippen LogP contribution in [0.5, 0.6) is 0 Å². The molecule has 1 fully saturated rings. The molecule has 2 aliphatic rings. The minimum absolute atomic E-state index is 0.179. The number of aromatic nitrogens is 3. The summed E-state index contributed by atoms with van der Waals surface area (Å²) in [6.45, 7) is 3.34. The largest absolute Gasteiger partial charge is 0.344 e. The van der Waals surface area contributed by atoms with Crippen LogP contribution in [0.4, 0.5) is 11.1 Å². The van der Waals surface area contributed by atoms with E-state index in [4.69, 9.17) is 4.98 Å². The summed E-state index contributed by atoms with van der Waals surface area (Å²) >= 11 is 3.03. The highest BCUT2D eigenvalue weighted by Crippen LogP contribution is 2.35. The van der Waals surface area contributed by atoms with Crippen molar-refractivity contribution in [3.63, 3.8) is 0 Å². The number of rotatable bonds is 2. The zero-order valence-corrected chi connectivity index (χ0v) is 16.0. The minimum Gasteiger partial charge on any atom is -0.344 e. The van der Waals surface area contributed by atoms with Crippen molar-refractivity contribution in [3.8, 4) is 0 Å². The van der Waals surface area contributed by atoms with Gasteiger partial charge in [0, 0.05) is 43.4 Å². The van der Waals surface area contributed by atoms with Crippen LogP contribution in [0.15, 0.2) is 23.3 Å². The Bertz CT molecular complexity index is 992. The van der Waals surface area contributed by atoms with Gasteiger partial charge in [0.1, 0.15) is 4.83 Å². The lowest BCUT2D eigenvalue weighted by Crippen LogP contribution is -2.47. The van der Waals surface area contributed by atoms with Gasteiger partial charge in [-0.2, -0.15) is 0 Å². The fraction of sp³-hybridized carbons (Fsp3) is 0.444. The van der Waals surface area contributed by atoms with E-state index in [9.17, 15) is 4.79 Å². The standard InChI is InChI=1S/C18H19N5OS2/c24-16-14-12-4-1-2-5-13(12)25-15(14)21-18(26-16)23-10-8-22(9-11-23)17-19-6-3-7-20-17/h3,6-7H,1-2,4-5,8-11H2. The summed E-state index contributed by atoms with van der Waals surface area (Å²) in [7, 11) is 0. The van der Waals surface area contributed by atoms with E-state index >= 15 is 0 Å². The first kappa shape index (κ1) is 16.1. The Hall–Kier alpha value is -2.06. The highest BCUT2D eigenvalue weighted by molar-refractivity contribution is 7.20. The van der Waals surface area contributed by atoms with Gasteiger partial charge in [-0.1, -0.05) is 11.3 Å². The van der Waals surface area contributed by atoms with Crippen LogP contribution in [0.2, 0.25) is 0 Å². The summed E-state index contributed by atoms with van der Waals surface area (Å²) in [5.74, 6) is 0.773. The van der Waals surface area contributed by atoms with Crippen molar-refractivity contribution in [3.05, 3.63) is 38.4 Å². The van der Waals surface area contributed by atoms with Crippen molar-refractivity contribution in [2.45, 2.75) is 25.7 Å². The number of hydrogen-bond acceptors (Lipinski definition) is 8. The molecule has 0 radical (unpaired) electrons. The summed E-state index contributed by atoms with van der Waals surface area (Å²) in [5.41, 5.74) is 1.28. The third kappa shape index (κ3) is 2.77. The summed E-state index contributed by atoms with van der Waals surface area (Å²) in [5, 5.41) is 1.75. The van der Waals surface area contributed by atoms with Crippen LogP contribution in [-0.4, -0.2) is 41.1 Å². The molecule has 1 saturated heterocycles. The number of piperazine rings is 1. The van der Waals surface area contributed by atoms with Crippen LogP contribution in [0.25, 0.3) is 10.2 Å². The molecule has 0 bridgehead atoms. The Labute approximate surface area is 159 Å². The molecule has 1 aliphatic heterocycles. The molecule has 5 rings (SSSR count). The van der Waals surface area contributed by atoms with Crippen molar-refractivity contribution in [2.75, 3.05) is 36.0 Å². The third-order valence-corrected chi connectivity index (χ3v) is 7.23. The molecule has 4 heterocycles. The number of hydrogen-bond donors (Lipinski definition) is 0. The maximum absolute atomic E-state index is 12.8. The summed E-state index contributed by atoms with van der Waals surface area (Å²) in [6.07, 6.45) is 8.10. The lowest BCUT2D eigenvalue weighted by molar-refractivity contribution is 0.639. The van der Waals surface area contributed by atoms with Crippen molar-refractivity contribution >= 4 is 44.0 Å². The van der Waals surface area contributed by atoms with Gasteiger partial charge in [-0.25, -0.2) is 15.0 Å². The molecule has 0 saturated carbocycles. The normalized spacial score (nSPS) is 17.5. The zero-order chi connectivity index (χ0) is 17.5. The first-order chi connectivity index (χ1) is 12.8. The van der Waals surface area contributed by atoms with E-state index in [-0.39, 0.29) is 4.74 Å². The number of nitrogens with zero attached hydrogens (tertiary/aromatic N) is 5. The van der Waals surface area contributed by atoms with Gasteiger partial charge in [-0.3, -0.25) is 4.79 Å². The molecule has 0 spiro atoms. The van der Waals surface area contributed by atoms with E-state index in [0.717, 1.165) is 60.3 Å². The maximum Gasteiger partial charge on any atom is 0.246 e. The lowest BCUT2D eigenvalue weighted by atomic mass is 9.98. The molecule has 0 amide bonds. The van der Waals surface area contributed by atoms with Crippen LogP contribution >= 0.6 is 22.7 Å². The van der Waals surface area contributed by atoms with Gasteiger partial charge in [-0.05, 0) is 37.3 Å². The van der Waals surface area contributed by atoms with Gasteiger partial charge in [0.15, 0.2) is 5.13 Å². The first-order valence-corrected chi connectivity index (χ1v) is 10.7. The molecular weight excluding hydrogens is 366 g/mol. The Kier molecular flexibility index (Phi) is 4.09. The molecule has 1 aliphatic carbocycles. The quantitative estimate of drug-likeness (QED) is 0.676. The van der Waals surface area contributed by atoms with Gasteiger partial charge in [0.05, 0.1) is 5.39 Å². The molecule has 134 valence electrons. The van der Waals surface area contributed by atoms with Crippen LogP contribution in [0.1, 0.15) is 23.3 Å². The summed E-state index contributed by atoms with van der Waals surface area (Å²) in [6, 6.07) is 1.83. The van der Waals surface area contributed by atoms with Gasteiger partial charge in [0.2, 0.25) is 10.7 Å². The van der Waals surface area contributed by atoms with E-state index in [1.807, 2.05) is 6.07 Å². The zero-order valence-electron chi connectivity index (χ0n) is 14.3. The van der Waals surface area contributed by atoms with E-state index in [1.165, 1.54) is 34.6 Å². The average Bonchev–Trinajstić information content (AvgIpc) is 3.08. The smallest absolute Gasteiger partial charge is 0.246 e. The summed E-state index contributed by atoms with van der Waals surface area (Å²) < 4.78 is 0.179. The monoisotopic (exact) mass is 385 g/mol. The first-order valence-electron chi connectivity index (χ1n) is 9.02. The van der Waals surface area contributed by atoms with Crippen LogP contribution in [0, 0.1) is 0 Å². The molecule has 0 unspecified atom stereocenters. The predicted octanol–water partition coefficient (Wildman–Crippen LogP) is 2.71. The SMILES string of the molecule is O=c1sc(N2CCN(c3ncccn3)CC2)nc2sc3c(c12)CCCC3. The highest BCUT2D eigenvalue weighted by Gasteiger charge is 2.24. The van der Waals surface area contributed by atoms with Crippen LogP contribution in [0.3, 0.4) is 0 Å². The van der Waals surface area contributed by atoms with Crippen molar-refractivity contribution in [1.82, 2.24) is 15.0 Å². The highest BCUT2D eigenvalue weighted by atomic mass is 32.1. The van der Waals surface area contributed by atoms with E-state index in [0.29, 0.717) is 0 Å². The molecule has 0 aromatic carbocycles. The second-order valence-corrected chi connectivity index (χ2v) is 8.72. The second-order valence-electron chi connectivity index (χ2n) is 6.70. The fourth-order valence-electron chi connectivity index (χ4n) is 3.77. The Morgan fingerprint density at radius 1 is 0.923 bits per heavy atom. The predicted molar refractivity (Wildman–Crippen MR) is 107 cm³/mol. The Morgan fingerprint density at radius 3 is 2.46 bits per heavy atom. The molecule has 0 atom stereocenters. The molecule has 3 aromatic heterocycles. The van der Waals surface area contributed by atoms with E-state index in [1.54, 1.807) is 23.7 Å². The van der Waals surface area contributed by atoms with Gasteiger partial charge in [0.25, 0.3) is 0 Å². The van der Waals surface area contributed by atoms with Gasteiger partial charge < -0.3 is 9.80 Å². The molecule has 8 heteroatoms. The van der Waals surface area contributed by atoms with E-state index in [2.05, 4.69) is 19.8 Å². The minimum atomic E-state index is 0.179. The Balaban J connectivity index is 1.41. The topological polar surface area (TPSA) is 62.2 Å². The molecule has 26 heavy (non-hydrogen) atoms. The Morgan fingerprint density at radius 2 is 1.65 bits per heavy atom. The molecule has 0 N–H and O–H groups in total. The van der Waals surface area contributed by atoms with Gasteiger partial charge in [-0.15, -0.1) is 11.3 Å². The second kappa shape index (κ2) is 6.59. The number of aryl methyl sites for hydroxylation is 2. The van der Waals surface area contributed by atoms with Crippen LogP contribution in [-0.2, 0) is 12.8 Å². The number of thiophene rings is 1. The van der Waals surface area contributed by atoms with Crippen molar-refractivity contribution < 1.29 is 0 Å². The van der Waals surface area contributed by atoms with Gasteiger partial charge >= 0.3 is 0 Å². The molecule has 3 aromatic rings. The summed E-state index contributed by atoms with van der Waals surface area (Å²) in [4.78, 5) is 33.0. The fourth-order valence-corrected chi connectivity index (χ4v) is 6.09. The maximum atomic E-state index is 12.8. The van der Waals surface area contributed by atoms with Crippen LogP contribution < -0.4 is 14.5 Å². The molecule has 6 nitrogen and oxygen atoms in total. The number of anilines is 2. The number of fused-ring (bicyclic) bond motifs is 3. The average molecular weight is 386 g/mol. The van der Waals surface area contributed by atoms with E-state index < -0.39 is 0 Å².